The molecule has 0 radical (unpaired) electrons. The van der Waals surface area contributed by atoms with Crippen LogP contribution < -0.4 is 10.6 Å². The lowest BCUT2D eigenvalue weighted by molar-refractivity contribution is -0.131. The first-order valence-electron chi connectivity index (χ1n) is 9.82. The molecule has 0 fully saturated rings. The van der Waals surface area contributed by atoms with Gasteiger partial charge in [-0.25, -0.2) is 4.68 Å². The van der Waals surface area contributed by atoms with Gasteiger partial charge in [0.1, 0.15) is 12.4 Å². The molecule has 3 heterocycles. The number of aromatic nitrogens is 3. The van der Waals surface area contributed by atoms with Crippen molar-refractivity contribution in [1.82, 2.24) is 19.8 Å². The number of fused-ring (bicyclic) bond motifs is 1. The van der Waals surface area contributed by atoms with Gasteiger partial charge in [0, 0.05) is 18.0 Å². The van der Waals surface area contributed by atoms with Crippen molar-refractivity contribution in [1.29, 1.82) is 0 Å². The van der Waals surface area contributed by atoms with Gasteiger partial charge in [0.25, 0.3) is 0 Å². The normalized spacial score (nSPS) is 14.4. The fraction of sp³-hybridized carbons (Fsp3) is 0.381. The van der Waals surface area contributed by atoms with Gasteiger partial charge in [-0.15, -0.1) is 21.5 Å². The van der Waals surface area contributed by atoms with Crippen LogP contribution in [0.5, 0.6) is 5.75 Å². The molecule has 30 heavy (non-hydrogen) atoms. The van der Waals surface area contributed by atoms with Crippen LogP contribution >= 0.6 is 23.1 Å². The number of nitrogens with two attached hydrogens (primary N) is 1. The summed E-state index contributed by atoms with van der Waals surface area (Å²) in [5.74, 6) is 7.54. The number of aryl methyl sites for hydroxylation is 2. The summed E-state index contributed by atoms with van der Waals surface area (Å²) in [5.41, 5.74) is 3.52. The van der Waals surface area contributed by atoms with E-state index in [0.717, 1.165) is 29.8 Å². The van der Waals surface area contributed by atoms with Gasteiger partial charge in [-0.2, -0.15) is 0 Å². The number of nitrogen functional groups attached to an aromatic ring is 1. The number of carbonyl (C=O) groups excluding carboxylic acids is 1. The molecule has 7 nitrogen and oxygen atoms in total. The van der Waals surface area contributed by atoms with Crippen LogP contribution in [0.4, 0.5) is 0 Å². The minimum Gasteiger partial charge on any atom is -0.486 e. The third-order valence-electron chi connectivity index (χ3n) is 5.05. The Bertz CT molecular complexity index is 1040. The summed E-state index contributed by atoms with van der Waals surface area (Å²) in [6, 6.07) is 8.14. The molecule has 2 aromatic heterocycles. The summed E-state index contributed by atoms with van der Waals surface area (Å²) in [4.78, 5) is 16.2. The van der Waals surface area contributed by atoms with E-state index < -0.39 is 0 Å². The molecule has 9 heteroatoms. The summed E-state index contributed by atoms with van der Waals surface area (Å²) in [5, 5.41) is 10.6. The molecule has 1 unspecified atom stereocenters. The van der Waals surface area contributed by atoms with Gasteiger partial charge in [0.05, 0.1) is 5.25 Å². The zero-order valence-electron chi connectivity index (χ0n) is 17.3. The van der Waals surface area contributed by atoms with Crippen LogP contribution in [0.1, 0.15) is 34.3 Å². The molecule has 1 atom stereocenters. The maximum Gasteiger partial charge on any atom is 0.236 e. The fourth-order valence-corrected chi connectivity index (χ4v) is 5.32. The minimum atomic E-state index is -0.301. The third-order valence-corrected chi connectivity index (χ3v) is 7.11. The highest BCUT2D eigenvalue weighted by Gasteiger charge is 2.27. The fourth-order valence-electron chi connectivity index (χ4n) is 3.55. The highest BCUT2D eigenvalue weighted by Crippen LogP contribution is 2.28. The van der Waals surface area contributed by atoms with Gasteiger partial charge < -0.3 is 15.5 Å². The van der Waals surface area contributed by atoms with Crippen molar-refractivity contribution in [3.63, 3.8) is 0 Å². The Balaban J connectivity index is 1.37. The molecule has 1 aromatic carbocycles. The lowest BCUT2D eigenvalue weighted by Gasteiger charge is -2.29. The van der Waals surface area contributed by atoms with Crippen molar-refractivity contribution in [2.24, 2.45) is 0 Å². The van der Waals surface area contributed by atoms with Crippen molar-refractivity contribution in [3.8, 4) is 5.75 Å². The molecule has 0 saturated heterocycles. The van der Waals surface area contributed by atoms with E-state index in [2.05, 4.69) is 27.7 Å². The van der Waals surface area contributed by atoms with E-state index in [0.29, 0.717) is 17.5 Å². The molecule has 3 aromatic rings. The number of ether oxygens (including phenoxy) is 1. The first-order chi connectivity index (χ1) is 14.4. The Hall–Kier alpha value is -2.52. The van der Waals surface area contributed by atoms with Gasteiger partial charge in [-0.3, -0.25) is 4.79 Å². The van der Waals surface area contributed by atoms with Crippen molar-refractivity contribution in [2.45, 2.75) is 50.8 Å². The smallest absolute Gasteiger partial charge is 0.236 e. The maximum atomic E-state index is 12.9. The van der Waals surface area contributed by atoms with Crippen LogP contribution in [0.2, 0.25) is 0 Å². The van der Waals surface area contributed by atoms with E-state index in [9.17, 15) is 4.79 Å². The number of hydrogen-bond donors (Lipinski definition) is 1. The van der Waals surface area contributed by atoms with Gasteiger partial charge in [0.15, 0.2) is 5.82 Å². The topological polar surface area (TPSA) is 86.3 Å². The van der Waals surface area contributed by atoms with Crippen LogP contribution in [0.3, 0.4) is 0 Å². The van der Waals surface area contributed by atoms with Crippen LogP contribution in [0.15, 0.2) is 34.8 Å². The Morgan fingerprint density at radius 1 is 1.30 bits per heavy atom. The minimum absolute atomic E-state index is 0.0906. The molecule has 0 spiro atoms. The molecular weight excluding hydrogens is 418 g/mol. The van der Waals surface area contributed by atoms with Gasteiger partial charge >= 0.3 is 0 Å². The number of amides is 1. The Labute approximate surface area is 184 Å². The number of thiophene rings is 1. The Morgan fingerprint density at radius 3 is 2.83 bits per heavy atom. The highest BCUT2D eigenvalue weighted by molar-refractivity contribution is 8.00. The van der Waals surface area contributed by atoms with E-state index in [4.69, 9.17) is 10.6 Å². The zero-order valence-corrected chi connectivity index (χ0v) is 18.9. The summed E-state index contributed by atoms with van der Waals surface area (Å²) in [7, 11) is 0. The van der Waals surface area contributed by atoms with Crippen LogP contribution in [0.25, 0.3) is 0 Å². The second kappa shape index (κ2) is 8.69. The lowest BCUT2D eigenvalue weighted by Crippen LogP contribution is -2.39. The van der Waals surface area contributed by atoms with Crippen molar-refractivity contribution >= 4 is 29.0 Å². The Kier molecular flexibility index (Phi) is 6.01. The number of benzene rings is 1. The lowest BCUT2D eigenvalue weighted by atomic mass is 10.1. The average Bonchev–Trinajstić information content (AvgIpc) is 3.31. The Morgan fingerprint density at radius 2 is 2.07 bits per heavy atom. The largest absolute Gasteiger partial charge is 0.486 e. The summed E-state index contributed by atoms with van der Waals surface area (Å²) in [6.07, 6.45) is 0.920. The van der Waals surface area contributed by atoms with Gasteiger partial charge in [0.2, 0.25) is 11.1 Å². The number of nitrogens with zero attached hydrogens (tertiary/aromatic N) is 4. The predicted molar refractivity (Wildman–Crippen MR) is 119 cm³/mol. The molecule has 1 aliphatic heterocycles. The molecular formula is C21H25N5O2S2. The SMILES string of the molecule is Cc1cc(C)cc(OCc2nnc(SC(C)C(=O)N3CCc4sccc4C3)n2N)c1. The molecule has 2 N–H and O–H groups in total. The van der Waals surface area contributed by atoms with Crippen LogP contribution in [0, 0.1) is 13.8 Å². The standard InChI is InChI=1S/C21H25N5O2S2/c1-13-8-14(2)10-17(9-13)28-12-19-23-24-21(26(19)22)30-15(3)20(27)25-6-4-18-16(11-25)5-7-29-18/h5,7-10,15H,4,6,11-12,22H2,1-3H3. The average molecular weight is 444 g/mol. The van der Waals surface area contributed by atoms with Crippen LogP contribution in [-0.4, -0.2) is 37.5 Å². The number of hydrogen-bond acceptors (Lipinski definition) is 7. The molecule has 0 saturated carbocycles. The van der Waals surface area contributed by atoms with Crippen LogP contribution in [-0.2, 0) is 24.4 Å². The van der Waals surface area contributed by atoms with Crippen molar-refractivity contribution in [2.75, 3.05) is 12.4 Å². The highest BCUT2D eigenvalue weighted by atomic mass is 32.2. The van der Waals surface area contributed by atoms with Gasteiger partial charge in [-0.05, 0) is 67.5 Å². The zero-order chi connectivity index (χ0) is 21.3. The van der Waals surface area contributed by atoms with E-state index >= 15 is 0 Å². The summed E-state index contributed by atoms with van der Waals surface area (Å²) < 4.78 is 7.24. The summed E-state index contributed by atoms with van der Waals surface area (Å²) >= 11 is 3.09. The van der Waals surface area contributed by atoms with Crippen molar-refractivity contribution in [3.05, 3.63) is 57.0 Å². The number of thioether (sulfide) groups is 1. The number of rotatable bonds is 6. The van der Waals surface area contributed by atoms with E-state index in [1.165, 1.54) is 26.9 Å². The quantitative estimate of drug-likeness (QED) is 0.465. The molecule has 0 bridgehead atoms. The monoisotopic (exact) mass is 443 g/mol. The predicted octanol–water partition coefficient (Wildman–Crippen LogP) is 3.31. The van der Waals surface area contributed by atoms with E-state index in [1.807, 2.05) is 37.8 Å². The molecule has 0 aliphatic carbocycles. The second-order valence-corrected chi connectivity index (χ2v) is 9.83. The molecule has 4 rings (SSSR count). The number of carbonyl (C=O) groups is 1. The van der Waals surface area contributed by atoms with E-state index in [-0.39, 0.29) is 17.8 Å². The third kappa shape index (κ3) is 4.46. The molecule has 158 valence electrons. The second-order valence-electron chi connectivity index (χ2n) is 7.52. The van der Waals surface area contributed by atoms with Gasteiger partial charge in [-0.1, -0.05) is 17.8 Å². The first kappa shape index (κ1) is 20.7. The molecule has 1 amide bonds. The van der Waals surface area contributed by atoms with E-state index in [1.54, 1.807) is 11.3 Å². The van der Waals surface area contributed by atoms with Crippen molar-refractivity contribution < 1.29 is 9.53 Å². The maximum absolute atomic E-state index is 12.9. The first-order valence-corrected chi connectivity index (χ1v) is 11.6. The molecule has 1 aliphatic rings. The summed E-state index contributed by atoms with van der Waals surface area (Å²) in [6.45, 7) is 7.58.